The van der Waals surface area contributed by atoms with E-state index in [0.717, 1.165) is 5.01 Å². The first kappa shape index (κ1) is 15.4. The first-order valence-corrected chi connectivity index (χ1v) is 8.55. The topological polar surface area (TPSA) is 82.7 Å². The number of allylic oxidation sites excluding steroid dienone is 1. The normalized spacial score (nSPS) is 15.8. The molecule has 0 N–H and O–H groups in total. The van der Waals surface area contributed by atoms with Crippen molar-refractivity contribution in [3.05, 3.63) is 80.4 Å². The van der Waals surface area contributed by atoms with E-state index in [0.29, 0.717) is 17.8 Å². The Balaban J connectivity index is 1.59. The van der Waals surface area contributed by atoms with Crippen molar-refractivity contribution in [2.24, 2.45) is 0 Å². The summed E-state index contributed by atoms with van der Waals surface area (Å²) in [6.07, 6.45) is 9.25. The van der Waals surface area contributed by atoms with Crippen molar-refractivity contribution in [2.45, 2.75) is 19.0 Å². The summed E-state index contributed by atoms with van der Waals surface area (Å²) >= 11 is 1.48. The van der Waals surface area contributed by atoms with E-state index in [-0.39, 0.29) is 12.6 Å². The Hall–Kier alpha value is -3.09. The van der Waals surface area contributed by atoms with E-state index in [1.807, 2.05) is 17.5 Å². The fraction of sp³-hybridized carbons (Fsp3) is 0.176. The highest BCUT2D eigenvalue weighted by molar-refractivity contribution is 7.13. The first-order valence-electron chi connectivity index (χ1n) is 7.67. The van der Waals surface area contributed by atoms with Gasteiger partial charge in [-0.25, -0.2) is 4.98 Å². The first-order chi connectivity index (χ1) is 12.2. The molecule has 0 radical (unpaired) electrons. The van der Waals surface area contributed by atoms with Gasteiger partial charge < -0.3 is 9.13 Å². The molecular weight excluding hydrogens is 338 g/mol. The minimum absolute atomic E-state index is 0.132. The molecule has 0 spiro atoms. The molecular formula is C17H13N5O2S. The molecule has 1 unspecified atom stereocenters. The van der Waals surface area contributed by atoms with E-state index in [9.17, 15) is 9.59 Å². The summed E-state index contributed by atoms with van der Waals surface area (Å²) in [4.78, 5) is 28.8. The predicted molar refractivity (Wildman–Crippen MR) is 93.5 cm³/mol. The summed E-state index contributed by atoms with van der Waals surface area (Å²) in [5, 5.41) is 10.9. The van der Waals surface area contributed by atoms with Gasteiger partial charge in [0.25, 0.3) is 0 Å². The highest BCUT2D eigenvalue weighted by Gasteiger charge is 2.14. The van der Waals surface area contributed by atoms with Crippen LogP contribution in [0.4, 0.5) is 0 Å². The van der Waals surface area contributed by atoms with Crippen LogP contribution < -0.4 is 11.1 Å². The zero-order valence-corrected chi connectivity index (χ0v) is 13.9. The second-order valence-corrected chi connectivity index (χ2v) is 6.43. The fourth-order valence-electron chi connectivity index (χ4n) is 2.62. The van der Waals surface area contributed by atoms with Crippen LogP contribution >= 0.6 is 11.3 Å². The Morgan fingerprint density at radius 2 is 2.12 bits per heavy atom. The summed E-state index contributed by atoms with van der Waals surface area (Å²) in [7, 11) is 0. The van der Waals surface area contributed by atoms with Gasteiger partial charge in [0, 0.05) is 24.0 Å². The SMILES string of the molecule is O=c1c(=O)n(C2C=C=CC2)ccn1Cc1ccc(-c2nccs2)nn1. The van der Waals surface area contributed by atoms with Crippen LogP contribution in [0.3, 0.4) is 0 Å². The van der Waals surface area contributed by atoms with E-state index in [1.165, 1.54) is 20.5 Å². The van der Waals surface area contributed by atoms with Crippen molar-refractivity contribution in [3.8, 4) is 10.7 Å². The number of thiazole rings is 1. The zero-order chi connectivity index (χ0) is 17.2. The number of nitrogens with zero attached hydrogens (tertiary/aromatic N) is 5. The Labute approximate surface area is 146 Å². The van der Waals surface area contributed by atoms with Gasteiger partial charge in [0.05, 0.1) is 18.3 Å². The molecule has 0 aliphatic heterocycles. The maximum Gasteiger partial charge on any atom is 0.317 e. The second-order valence-electron chi connectivity index (χ2n) is 5.53. The maximum absolute atomic E-state index is 12.3. The van der Waals surface area contributed by atoms with Gasteiger partial charge in [0.1, 0.15) is 10.7 Å². The van der Waals surface area contributed by atoms with Crippen molar-refractivity contribution in [1.29, 1.82) is 0 Å². The molecule has 124 valence electrons. The van der Waals surface area contributed by atoms with Gasteiger partial charge in [-0.2, -0.15) is 5.10 Å². The molecule has 3 aromatic rings. The molecule has 8 heteroatoms. The maximum atomic E-state index is 12.3. The monoisotopic (exact) mass is 351 g/mol. The molecule has 0 saturated heterocycles. The third-order valence-electron chi connectivity index (χ3n) is 3.91. The molecule has 1 aliphatic rings. The lowest BCUT2D eigenvalue weighted by atomic mass is 10.2. The molecule has 4 rings (SSSR count). The van der Waals surface area contributed by atoms with Gasteiger partial charge in [0.15, 0.2) is 0 Å². The number of hydrogen-bond acceptors (Lipinski definition) is 6. The Kier molecular flexibility index (Phi) is 3.97. The van der Waals surface area contributed by atoms with Gasteiger partial charge in [0.2, 0.25) is 0 Å². The van der Waals surface area contributed by atoms with Crippen LogP contribution in [0.2, 0.25) is 0 Å². The van der Waals surface area contributed by atoms with Crippen LogP contribution in [0.5, 0.6) is 0 Å². The standard InChI is InChI=1S/C17H13N5O2S/c23-16-17(24)22(13-3-1-2-4-13)9-8-21(16)11-12-5-6-14(20-19-12)15-18-7-10-25-15/h1,4-10,13H,3,11H2. The molecule has 7 nitrogen and oxygen atoms in total. The molecule has 0 aromatic carbocycles. The minimum Gasteiger partial charge on any atom is -0.303 e. The van der Waals surface area contributed by atoms with Crippen molar-refractivity contribution in [2.75, 3.05) is 0 Å². The van der Waals surface area contributed by atoms with Gasteiger partial charge >= 0.3 is 11.1 Å². The lowest BCUT2D eigenvalue weighted by molar-refractivity contribution is 0.569. The van der Waals surface area contributed by atoms with Crippen molar-refractivity contribution < 1.29 is 0 Å². The lowest BCUT2D eigenvalue weighted by Crippen LogP contribution is -2.41. The molecule has 0 bridgehead atoms. The zero-order valence-electron chi connectivity index (χ0n) is 13.1. The highest BCUT2D eigenvalue weighted by Crippen LogP contribution is 2.18. The average Bonchev–Trinajstić information content (AvgIpc) is 3.33. The van der Waals surface area contributed by atoms with Crippen LogP contribution in [-0.2, 0) is 6.54 Å². The Bertz CT molecular complexity index is 1070. The smallest absolute Gasteiger partial charge is 0.303 e. The average molecular weight is 351 g/mol. The van der Waals surface area contributed by atoms with Gasteiger partial charge in [-0.1, -0.05) is 0 Å². The van der Waals surface area contributed by atoms with Crippen molar-refractivity contribution in [3.63, 3.8) is 0 Å². The molecule has 0 amide bonds. The van der Waals surface area contributed by atoms with Crippen molar-refractivity contribution in [1.82, 2.24) is 24.3 Å². The molecule has 0 saturated carbocycles. The lowest BCUT2D eigenvalue weighted by Gasteiger charge is -2.12. The molecule has 1 atom stereocenters. The Morgan fingerprint density at radius 1 is 1.20 bits per heavy atom. The van der Waals surface area contributed by atoms with E-state index in [4.69, 9.17) is 0 Å². The van der Waals surface area contributed by atoms with Crippen LogP contribution in [-0.4, -0.2) is 24.3 Å². The fourth-order valence-corrected chi connectivity index (χ4v) is 3.22. The predicted octanol–water partition coefficient (Wildman–Crippen LogP) is 1.63. The van der Waals surface area contributed by atoms with Crippen molar-refractivity contribution >= 4 is 11.3 Å². The van der Waals surface area contributed by atoms with Gasteiger partial charge in [-0.05, 0) is 30.7 Å². The quantitative estimate of drug-likeness (QED) is 0.527. The van der Waals surface area contributed by atoms with Gasteiger partial charge in [-0.3, -0.25) is 9.59 Å². The number of rotatable bonds is 4. The minimum atomic E-state index is -0.575. The van der Waals surface area contributed by atoms with Crippen LogP contribution in [0.15, 0.2) is 63.6 Å². The van der Waals surface area contributed by atoms with E-state index in [2.05, 4.69) is 20.9 Å². The molecule has 3 aromatic heterocycles. The van der Waals surface area contributed by atoms with Crippen LogP contribution in [0.1, 0.15) is 18.2 Å². The summed E-state index contributed by atoms with van der Waals surface area (Å²) in [6, 6.07) is 3.46. The van der Waals surface area contributed by atoms with E-state index in [1.54, 1.807) is 30.7 Å². The number of hydrogen-bond donors (Lipinski definition) is 0. The molecule has 1 aliphatic carbocycles. The number of aromatic nitrogens is 5. The summed E-state index contributed by atoms with van der Waals surface area (Å²) in [5.74, 6) is 0. The summed E-state index contributed by atoms with van der Waals surface area (Å²) in [6.45, 7) is 0.193. The third kappa shape index (κ3) is 3.00. The van der Waals surface area contributed by atoms with Gasteiger partial charge in [-0.15, -0.1) is 22.2 Å². The molecule has 0 fully saturated rings. The molecule has 3 heterocycles. The second kappa shape index (κ2) is 6.43. The highest BCUT2D eigenvalue weighted by atomic mass is 32.1. The summed E-state index contributed by atoms with van der Waals surface area (Å²) < 4.78 is 2.78. The van der Waals surface area contributed by atoms with E-state index < -0.39 is 11.1 Å². The summed E-state index contributed by atoms with van der Waals surface area (Å²) in [5.41, 5.74) is 3.11. The Morgan fingerprint density at radius 3 is 2.80 bits per heavy atom. The van der Waals surface area contributed by atoms with E-state index >= 15 is 0 Å². The van der Waals surface area contributed by atoms with Crippen LogP contribution in [0.25, 0.3) is 10.7 Å². The van der Waals surface area contributed by atoms with Crippen LogP contribution in [0, 0.1) is 0 Å². The molecule has 25 heavy (non-hydrogen) atoms. The largest absolute Gasteiger partial charge is 0.317 e. The third-order valence-corrected chi connectivity index (χ3v) is 4.71.